The van der Waals surface area contributed by atoms with Gasteiger partial charge in [-0.3, -0.25) is 0 Å². The van der Waals surface area contributed by atoms with Gasteiger partial charge in [-0.05, 0) is 43.0 Å². The van der Waals surface area contributed by atoms with E-state index in [1.807, 2.05) is 12.1 Å². The maximum Gasteiger partial charge on any atom is 0.0991 e. The first-order valence-corrected chi connectivity index (χ1v) is 7.61. The fourth-order valence-electron chi connectivity index (χ4n) is 2.18. The summed E-state index contributed by atoms with van der Waals surface area (Å²) in [6.45, 7) is 5.04. The number of fused-ring (bicyclic) bond motifs is 1. The molecule has 0 bridgehead atoms. The average Bonchev–Trinajstić information content (AvgIpc) is 3.06. The quantitative estimate of drug-likeness (QED) is 0.770. The van der Waals surface area contributed by atoms with Gasteiger partial charge in [0, 0.05) is 21.1 Å². The summed E-state index contributed by atoms with van der Waals surface area (Å²) in [6.07, 6.45) is 1.75. The molecule has 20 heavy (non-hydrogen) atoms. The summed E-state index contributed by atoms with van der Waals surface area (Å²) >= 11 is 7.87. The topological polar surface area (TPSA) is 53.6 Å². The Labute approximate surface area is 126 Å². The predicted molar refractivity (Wildman–Crippen MR) is 83.2 cm³/mol. The first-order valence-electron chi connectivity index (χ1n) is 6.41. The second kappa shape index (κ2) is 5.52. The van der Waals surface area contributed by atoms with Gasteiger partial charge in [0.2, 0.25) is 0 Å². The number of H-pyrrole nitrogens is 1. The van der Waals surface area contributed by atoms with Gasteiger partial charge in [-0.2, -0.15) is 15.4 Å². The van der Waals surface area contributed by atoms with E-state index in [1.165, 1.54) is 20.5 Å². The van der Waals surface area contributed by atoms with Crippen molar-refractivity contribution in [2.75, 3.05) is 0 Å². The first kappa shape index (κ1) is 13.5. The zero-order valence-corrected chi connectivity index (χ0v) is 12.8. The molecule has 0 saturated carbocycles. The number of aromatic amines is 1. The lowest BCUT2D eigenvalue weighted by atomic mass is 10.1. The second-order valence-electron chi connectivity index (χ2n) is 4.79. The minimum atomic E-state index is 0.168. The molecule has 0 aliphatic rings. The molecule has 1 aromatic carbocycles. The number of thiophene rings is 1. The van der Waals surface area contributed by atoms with E-state index in [-0.39, 0.29) is 6.04 Å². The lowest BCUT2D eigenvalue weighted by Gasteiger charge is -2.10. The van der Waals surface area contributed by atoms with Crippen molar-refractivity contribution in [3.05, 3.63) is 45.6 Å². The maximum absolute atomic E-state index is 6.07. The van der Waals surface area contributed by atoms with E-state index < -0.39 is 0 Å². The first-order chi connectivity index (χ1) is 9.65. The number of benzene rings is 1. The van der Waals surface area contributed by atoms with Crippen molar-refractivity contribution in [3.8, 4) is 0 Å². The molecule has 0 aliphatic carbocycles. The lowest BCUT2D eigenvalue weighted by molar-refractivity contribution is 0.563. The Morgan fingerprint density at radius 1 is 1.45 bits per heavy atom. The van der Waals surface area contributed by atoms with Gasteiger partial charge < -0.3 is 5.32 Å². The van der Waals surface area contributed by atoms with E-state index in [1.54, 1.807) is 17.5 Å². The van der Waals surface area contributed by atoms with Crippen LogP contribution in [-0.4, -0.2) is 15.4 Å². The lowest BCUT2D eigenvalue weighted by Crippen LogP contribution is -2.18. The predicted octanol–water partition coefficient (Wildman–Crippen LogP) is 3.83. The van der Waals surface area contributed by atoms with Gasteiger partial charge in [-0.1, -0.05) is 11.6 Å². The summed E-state index contributed by atoms with van der Waals surface area (Å²) in [5.41, 5.74) is 2.22. The van der Waals surface area contributed by atoms with Crippen molar-refractivity contribution in [2.45, 2.75) is 26.4 Å². The van der Waals surface area contributed by atoms with Gasteiger partial charge in [0.25, 0.3) is 0 Å². The van der Waals surface area contributed by atoms with Crippen LogP contribution in [0.5, 0.6) is 0 Å². The van der Waals surface area contributed by atoms with Gasteiger partial charge in [0.05, 0.1) is 17.9 Å². The molecule has 2 heterocycles. The SMILES string of the molecule is Cc1c(CNC(C)c2cn[nH]n2)sc2ccc(Cl)cc12. The molecule has 0 spiro atoms. The monoisotopic (exact) mass is 306 g/mol. The highest BCUT2D eigenvalue weighted by molar-refractivity contribution is 7.19. The van der Waals surface area contributed by atoms with Crippen LogP contribution in [0.4, 0.5) is 0 Å². The van der Waals surface area contributed by atoms with Crippen LogP contribution in [0.1, 0.15) is 29.1 Å². The molecular formula is C14H15ClN4S. The number of nitrogens with zero attached hydrogens (tertiary/aromatic N) is 2. The minimum absolute atomic E-state index is 0.168. The molecule has 1 unspecified atom stereocenters. The van der Waals surface area contributed by atoms with Crippen molar-refractivity contribution in [3.63, 3.8) is 0 Å². The van der Waals surface area contributed by atoms with Crippen LogP contribution >= 0.6 is 22.9 Å². The van der Waals surface area contributed by atoms with Gasteiger partial charge >= 0.3 is 0 Å². The van der Waals surface area contributed by atoms with E-state index in [9.17, 15) is 0 Å². The number of hydrogen-bond donors (Lipinski definition) is 2. The van der Waals surface area contributed by atoms with Crippen molar-refractivity contribution < 1.29 is 0 Å². The van der Waals surface area contributed by atoms with E-state index >= 15 is 0 Å². The normalized spacial score (nSPS) is 12.9. The number of aromatic nitrogens is 3. The van der Waals surface area contributed by atoms with Crippen LogP contribution in [0, 0.1) is 6.92 Å². The molecule has 0 amide bonds. The highest BCUT2D eigenvalue weighted by Crippen LogP contribution is 2.32. The summed E-state index contributed by atoms with van der Waals surface area (Å²) in [5.74, 6) is 0. The van der Waals surface area contributed by atoms with Gasteiger partial charge in [0.15, 0.2) is 0 Å². The summed E-state index contributed by atoms with van der Waals surface area (Å²) < 4.78 is 1.28. The molecule has 3 rings (SSSR count). The van der Waals surface area contributed by atoms with Crippen molar-refractivity contribution in [2.24, 2.45) is 0 Å². The molecule has 2 N–H and O–H groups in total. The van der Waals surface area contributed by atoms with Crippen molar-refractivity contribution in [1.82, 2.24) is 20.7 Å². The van der Waals surface area contributed by atoms with E-state index in [0.717, 1.165) is 17.3 Å². The molecular weight excluding hydrogens is 292 g/mol. The Morgan fingerprint density at radius 2 is 2.30 bits per heavy atom. The molecule has 0 aliphatic heterocycles. The number of rotatable bonds is 4. The zero-order valence-electron chi connectivity index (χ0n) is 11.3. The van der Waals surface area contributed by atoms with E-state index in [2.05, 4.69) is 40.6 Å². The van der Waals surface area contributed by atoms with Crippen LogP contribution < -0.4 is 5.32 Å². The number of aryl methyl sites for hydroxylation is 1. The third kappa shape index (κ3) is 2.57. The second-order valence-corrected chi connectivity index (χ2v) is 6.36. The zero-order chi connectivity index (χ0) is 14.1. The fourth-order valence-corrected chi connectivity index (χ4v) is 3.50. The Morgan fingerprint density at radius 3 is 3.05 bits per heavy atom. The van der Waals surface area contributed by atoms with Crippen molar-refractivity contribution >= 4 is 33.0 Å². The third-order valence-electron chi connectivity index (χ3n) is 3.44. The fraction of sp³-hybridized carbons (Fsp3) is 0.286. The number of halogens is 1. The highest BCUT2D eigenvalue weighted by Gasteiger charge is 2.12. The van der Waals surface area contributed by atoms with E-state index in [4.69, 9.17) is 11.6 Å². The minimum Gasteiger partial charge on any atom is -0.304 e. The van der Waals surface area contributed by atoms with Gasteiger partial charge in [-0.15, -0.1) is 11.3 Å². The molecule has 0 saturated heterocycles. The molecule has 4 nitrogen and oxygen atoms in total. The smallest absolute Gasteiger partial charge is 0.0991 e. The molecule has 104 valence electrons. The van der Waals surface area contributed by atoms with Crippen LogP contribution in [0.3, 0.4) is 0 Å². The standard InChI is InChI=1S/C14H15ClN4S/c1-8-11-5-10(15)3-4-13(11)20-14(8)7-16-9(2)12-6-17-19-18-12/h3-6,9,16H,7H2,1-2H3,(H,17,18,19). The van der Waals surface area contributed by atoms with Crippen molar-refractivity contribution in [1.29, 1.82) is 0 Å². The van der Waals surface area contributed by atoms with Crippen LogP contribution in [-0.2, 0) is 6.54 Å². The molecule has 3 aromatic rings. The largest absolute Gasteiger partial charge is 0.304 e. The molecule has 6 heteroatoms. The summed E-state index contributed by atoms with van der Waals surface area (Å²) in [5, 5.41) is 16.1. The average molecular weight is 307 g/mol. The highest BCUT2D eigenvalue weighted by atomic mass is 35.5. The number of hydrogen-bond acceptors (Lipinski definition) is 4. The Hall–Kier alpha value is -1.43. The van der Waals surface area contributed by atoms with Crippen LogP contribution in [0.25, 0.3) is 10.1 Å². The molecule has 0 fully saturated rings. The Balaban J connectivity index is 1.79. The molecule has 1 atom stereocenters. The number of nitrogens with one attached hydrogen (secondary N) is 2. The summed E-state index contributed by atoms with van der Waals surface area (Å²) in [6, 6.07) is 6.23. The van der Waals surface area contributed by atoms with Crippen LogP contribution in [0.2, 0.25) is 5.02 Å². The molecule has 2 aromatic heterocycles. The van der Waals surface area contributed by atoms with Gasteiger partial charge in [-0.25, -0.2) is 0 Å². The summed E-state index contributed by atoms with van der Waals surface area (Å²) in [7, 11) is 0. The maximum atomic E-state index is 6.07. The Kier molecular flexibility index (Phi) is 3.74. The Bertz CT molecular complexity index is 720. The third-order valence-corrected chi connectivity index (χ3v) is 4.95. The molecule has 0 radical (unpaired) electrons. The van der Waals surface area contributed by atoms with E-state index in [0.29, 0.717) is 0 Å². The van der Waals surface area contributed by atoms with Crippen LogP contribution in [0.15, 0.2) is 24.4 Å². The summed E-state index contributed by atoms with van der Waals surface area (Å²) in [4.78, 5) is 1.33. The van der Waals surface area contributed by atoms with Gasteiger partial charge in [0.1, 0.15) is 0 Å².